The Hall–Kier alpha value is -2.85. The first-order valence-corrected chi connectivity index (χ1v) is 10.0. The van der Waals surface area contributed by atoms with Crippen LogP contribution in [-0.2, 0) is 12.1 Å². The van der Waals surface area contributed by atoms with Crippen LogP contribution in [0.25, 0.3) is 11.0 Å². The van der Waals surface area contributed by atoms with Gasteiger partial charge in [0.05, 0.1) is 23.0 Å². The average Bonchev–Trinajstić information content (AvgIpc) is 3.50. The number of fused-ring (bicyclic) bond motifs is 1. The summed E-state index contributed by atoms with van der Waals surface area (Å²) in [6.07, 6.45) is -2.37. The van der Waals surface area contributed by atoms with Gasteiger partial charge in [0.2, 0.25) is 0 Å². The number of alkyl halides is 5. The minimum absolute atomic E-state index is 0.0117. The summed E-state index contributed by atoms with van der Waals surface area (Å²) >= 11 is 0. The van der Waals surface area contributed by atoms with E-state index in [0.29, 0.717) is 12.1 Å². The van der Waals surface area contributed by atoms with Crippen molar-refractivity contribution in [2.24, 2.45) is 0 Å². The molecule has 3 aromatic heterocycles. The van der Waals surface area contributed by atoms with Gasteiger partial charge in [-0.05, 0) is 31.4 Å². The van der Waals surface area contributed by atoms with Crippen LogP contribution in [-0.4, -0.2) is 24.7 Å². The predicted octanol–water partition coefficient (Wildman–Crippen LogP) is 4.91. The lowest BCUT2D eigenvalue weighted by molar-refractivity contribution is -0.137. The molecule has 0 amide bonds. The summed E-state index contributed by atoms with van der Waals surface area (Å²) in [6, 6.07) is 1.47. The summed E-state index contributed by atoms with van der Waals surface area (Å²) in [6.45, 7) is 3.04. The van der Waals surface area contributed by atoms with Crippen LogP contribution in [0, 0.1) is 0 Å². The molecule has 1 N–H and O–H groups in total. The second-order valence-corrected chi connectivity index (χ2v) is 7.67. The van der Waals surface area contributed by atoms with E-state index in [1.165, 1.54) is 17.7 Å². The zero-order chi connectivity index (χ0) is 22.6. The van der Waals surface area contributed by atoms with Crippen LogP contribution in [0.4, 0.5) is 22.0 Å². The van der Waals surface area contributed by atoms with Crippen LogP contribution in [0.5, 0.6) is 0 Å². The van der Waals surface area contributed by atoms with Crippen LogP contribution >= 0.6 is 0 Å². The zero-order valence-corrected chi connectivity index (χ0v) is 16.8. The van der Waals surface area contributed by atoms with Gasteiger partial charge < -0.3 is 4.98 Å². The van der Waals surface area contributed by atoms with Gasteiger partial charge in [0.1, 0.15) is 5.39 Å². The van der Waals surface area contributed by atoms with E-state index < -0.39 is 41.5 Å². The van der Waals surface area contributed by atoms with Gasteiger partial charge in [-0.15, -0.1) is 0 Å². The SMILES string of the molecule is CCC(c1ccc(C(F)(F)F)cn1)n1nc(C2CC2)c2c(=O)[nH]c(C(F)(F)CC)nc21. The van der Waals surface area contributed by atoms with E-state index in [1.807, 2.05) is 0 Å². The molecule has 4 rings (SSSR count). The Morgan fingerprint density at radius 3 is 2.42 bits per heavy atom. The Morgan fingerprint density at radius 1 is 1.19 bits per heavy atom. The Bertz CT molecular complexity index is 1160. The van der Waals surface area contributed by atoms with Gasteiger partial charge in [-0.3, -0.25) is 9.78 Å². The van der Waals surface area contributed by atoms with Gasteiger partial charge in [-0.1, -0.05) is 13.8 Å². The number of rotatable bonds is 6. The highest BCUT2D eigenvalue weighted by Crippen LogP contribution is 2.42. The maximum atomic E-state index is 14.3. The normalized spacial score (nSPS) is 16.1. The molecule has 0 radical (unpaired) electrons. The van der Waals surface area contributed by atoms with Crippen molar-refractivity contribution in [1.82, 2.24) is 24.7 Å². The number of hydrogen-bond donors (Lipinski definition) is 1. The van der Waals surface area contributed by atoms with Gasteiger partial charge in [0.25, 0.3) is 5.56 Å². The summed E-state index contributed by atoms with van der Waals surface area (Å²) in [4.78, 5) is 22.9. The second kappa shape index (κ2) is 7.38. The van der Waals surface area contributed by atoms with Crippen molar-refractivity contribution in [2.75, 3.05) is 0 Å². The minimum Gasteiger partial charge on any atom is -0.305 e. The quantitative estimate of drug-likeness (QED) is 0.552. The van der Waals surface area contributed by atoms with Gasteiger partial charge in [-0.2, -0.15) is 27.1 Å². The third-order valence-corrected chi connectivity index (χ3v) is 5.48. The third kappa shape index (κ3) is 3.81. The highest BCUT2D eigenvalue weighted by Gasteiger charge is 2.37. The van der Waals surface area contributed by atoms with Crippen molar-refractivity contribution in [3.63, 3.8) is 0 Å². The number of nitrogens with zero attached hydrogens (tertiary/aromatic N) is 4. The molecule has 1 saturated carbocycles. The van der Waals surface area contributed by atoms with Crippen molar-refractivity contribution >= 4 is 11.0 Å². The number of aromatic amines is 1. The molecule has 11 heteroatoms. The maximum Gasteiger partial charge on any atom is 0.417 e. The van der Waals surface area contributed by atoms with Crippen LogP contribution < -0.4 is 5.56 Å². The van der Waals surface area contributed by atoms with E-state index >= 15 is 0 Å². The van der Waals surface area contributed by atoms with Crippen LogP contribution in [0.2, 0.25) is 0 Å². The lowest BCUT2D eigenvalue weighted by atomic mass is 10.1. The minimum atomic E-state index is -4.53. The molecule has 0 spiro atoms. The Morgan fingerprint density at radius 2 is 1.90 bits per heavy atom. The van der Waals surface area contributed by atoms with Crippen molar-refractivity contribution in [3.05, 3.63) is 51.5 Å². The number of H-pyrrole nitrogens is 1. The Balaban J connectivity index is 1.89. The molecule has 1 aliphatic carbocycles. The lowest BCUT2D eigenvalue weighted by Gasteiger charge is -2.18. The topological polar surface area (TPSA) is 76.5 Å². The molecule has 1 atom stereocenters. The van der Waals surface area contributed by atoms with Gasteiger partial charge >= 0.3 is 12.1 Å². The number of halogens is 5. The Labute approximate surface area is 173 Å². The predicted molar refractivity (Wildman–Crippen MR) is 102 cm³/mol. The van der Waals surface area contributed by atoms with Crippen LogP contribution in [0.15, 0.2) is 23.1 Å². The van der Waals surface area contributed by atoms with Gasteiger partial charge in [-0.25, -0.2) is 9.67 Å². The number of pyridine rings is 1. The van der Waals surface area contributed by atoms with Crippen LogP contribution in [0.1, 0.15) is 74.3 Å². The van der Waals surface area contributed by atoms with E-state index in [1.54, 1.807) is 6.92 Å². The number of aromatic nitrogens is 5. The summed E-state index contributed by atoms with van der Waals surface area (Å²) in [5.41, 5.74) is -0.859. The Kier molecular flexibility index (Phi) is 5.09. The fraction of sp³-hybridized carbons (Fsp3) is 0.500. The summed E-state index contributed by atoms with van der Waals surface area (Å²) in [5, 5.41) is 4.65. The molecule has 3 heterocycles. The molecule has 166 valence electrons. The fourth-order valence-corrected chi connectivity index (χ4v) is 3.55. The molecule has 1 unspecified atom stereocenters. The molecule has 1 fully saturated rings. The zero-order valence-electron chi connectivity index (χ0n) is 16.8. The van der Waals surface area contributed by atoms with E-state index in [0.717, 1.165) is 25.1 Å². The second-order valence-electron chi connectivity index (χ2n) is 7.67. The van der Waals surface area contributed by atoms with Gasteiger partial charge in [0, 0.05) is 18.5 Å². The lowest BCUT2D eigenvalue weighted by Crippen LogP contribution is -2.23. The summed E-state index contributed by atoms with van der Waals surface area (Å²) in [7, 11) is 0. The molecule has 3 aromatic rings. The summed E-state index contributed by atoms with van der Waals surface area (Å²) in [5.74, 6) is -4.07. The molecular formula is C20H20F5N5O. The molecule has 0 bridgehead atoms. The van der Waals surface area contributed by atoms with E-state index in [4.69, 9.17) is 0 Å². The first-order chi connectivity index (χ1) is 14.6. The van der Waals surface area contributed by atoms with E-state index in [9.17, 15) is 26.7 Å². The largest absolute Gasteiger partial charge is 0.417 e. The monoisotopic (exact) mass is 441 g/mol. The molecule has 1 aliphatic rings. The number of nitrogens with one attached hydrogen (secondary N) is 1. The molecule has 0 aliphatic heterocycles. The average molecular weight is 441 g/mol. The van der Waals surface area contributed by atoms with Crippen molar-refractivity contribution in [2.45, 2.75) is 63.6 Å². The maximum absolute atomic E-state index is 14.3. The molecule has 0 aromatic carbocycles. The molecule has 31 heavy (non-hydrogen) atoms. The van der Waals surface area contributed by atoms with Crippen molar-refractivity contribution in [1.29, 1.82) is 0 Å². The molecular weight excluding hydrogens is 421 g/mol. The first kappa shape index (κ1) is 21.4. The highest BCUT2D eigenvalue weighted by molar-refractivity contribution is 5.78. The summed E-state index contributed by atoms with van der Waals surface area (Å²) < 4.78 is 68.6. The fourth-order valence-electron chi connectivity index (χ4n) is 3.55. The molecule has 6 nitrogen and oxygen atoms in total. The van der Waals surface area contributed by atoms with Crippen LogP contribution in [0.3, 0.4) is 0 Å². The van der Waals surface area contributed by atoms with E-state index in [2.05, 4.69) is 20.1 Å². The van der Waals surface area contributed by atoms with Gasteiger partial charge in [0.15, 0.2) is 11.5 Å². The standard InChI is InChI=1S/C20H20F5N5O/c1-3-13(12-8-7-11(9-26-12)20(23,24)25)30-16-14(15(29-30)10-5-6-10)17(31)28-18(27-16)19(21,22)4-2/h7-10,13H,3-6H2,1-2H3,(H,27,28,31). The van der Waals surface area contributed by atoms with E-state index in [-0.39, 0.29) is 22.6 Å². The van der Waals surface area contributed by atoms with Crippen molar-refractivity contribution in [3.8, 4) is 0 Å². The number of hydrogen-bond acceptors (Lipinski definition) is 4. The highest BCUT2D eigenvalue weighted by atomic mass is 19.4. The van der Waals surface area contributed by atoms with Crippen molar-refractivity contribution < 1.29 is 22.0 Å². The molecule has 0 saturated heterocycles. The smallest absolute Gasteiger partial charge is 0.305 e. The first-order valence-electron chi connectivity index (χ1n) is 10.0. The third-order valence-electron chi connectivity index (χ3n) is 5.48.